The van der Waals surface area contributed by atoms with Crippen LogP contribution in [0.5, 0.6) is 11.5 Å². The first kappa shape index (κ1) is 16.4. The van der Waals surface area contributed by atoms with Crippen molar-refractivity contribution in [3.63, 3.8) is 0 Å². The Hall–Kier alpha value is -1.30. The van der Waals surface area contributed by atoms with Gasteiger partial charge in [0.05, 0.1) is 0 Å². The molecule has 0 spiro atoms. The van der Waals surface area contributed by atoms with Crippen molar-refractivity contribution in [3.8, 4) is 11.5 Å². The summed E-state index contributed by atoms with van der Waals surface area (Å²) in [7, 11) is 0. The van der Waals surface area contributed by atoms with Gasteiger partial charge in [0.2, 0.25) is 0 Å². The van der Waals surface area contributed by atoms with Crippen molar-refractivity contribution >= 4 is 0 Å². The van der Waals surface area contributed by atoms with E-state index in [4.69, 9.17) is 10.2 Å². The molecular formula is C6H12O5. The molecule has 8 N–H and O–H groups in total. The number of aromatic hydroxyl groups is 2. The van der Waals surface area contributed by atoms with Gasteiger partial charge < -0.3 is 26.6 Å². The Morgan fingerprint density at radius 3 is 1.00 bits per heavy atom. The van der Waals surface area contributed by atoms with Crippen molar-refractivity contribution in [2.75, 3.05) is 0 Å². The molecule has 0 aromatic heterocycles. The lowest BCUT2D eigenvalue weighted by Crippen LogP contribution is -1.61. The van der Waals surface area contributed by atoms with Crippen molar-refractivity contribution in [1.29, 1.82) is 0 Å². The number of rotatable bonds is 0. The highest BCUT2D eigenvalue weighted by molar-refractivity contribution is 5.28. The summed E-state index contributed by atoms with van der Waals surface area (Å²) < 4.78 is 0. The van der Waals surface area contributed by atoms with Crippen LogP contribution in [0.1, 0.15) is 0 Å². The lowest BCUT2D eigenvalue weighted by molar-refractivity contribution is 0.460. The normalized spacial score (nSPS) is 6.55. The molecule has 0 atom stereocenters. The summed E-state index contributed by atoms with van der Waals surface area (Å²) in [6.07, 6.45) is 0. The number of hydrogen-bond donors (Lipinski definition) is 2. The molecule has 0 radical (unpaired) electrons. The van der Waals surface area contributed by atoms with Crippen LogP contribution in [-0.4, -0.2) is 26.6 Å². The standard InChI is InChI=1S/C6H6O2.3H2O/c7-5-1-2-6(8)4-3-5;;;/h1-4,7-8H;3*1H2. The number of phenols is 2. The van der Waals surface area contributed by atoms with Crippen molar-refractivity contribution in [1.82, 2.24) is 0 Å². The van der Waals surface area contributed by atoms with E-state index in [1.54, 1.807) is 0 Å². The predicted molar refractivity (Wildman–Crippen MR) is 40.6 cm³/mol. The maximum absolute atomic E-state index is 8.65. The van der Waals surface area contributed by atoms with Crippen LogP contribution in [-0.2, 0) is 0 Å². The van der Waals surface area contributed by atoms with Gasteiger partial charge >= 0.3 is 0 Å². The van der Waals surface area contributed by atoms with Gasteiger partial charge in [0.1, 0.15) is 11.5 Å². The van der Waals surface area contributed by atoms with E-state index in [1.807, 2.05) is 0 Å². The molecule has 0 saturated heterocycles. The molecule has 0 aliphatic rings. The smallest absolute Gasteiger partial charge is 0.115 e. The summed E-state index contributed by atoms with van der Waals surface area (Å²) in [5, 5.41) is 17.3. The molecule has 1 aromatic rings. The first-order chi connectivity index (χ1) is 3.79. The molecule has 1 rings (SSSR count). The second-order valence-electron chi connectivity index (χ2n) is 1.52. The van der Waals surface area contributed by atoms with Gasteiger partial charge in [0.25, 0.3) is 0 Å². The summed E-state index contributed by atoms with van der Waals surface area (Å²) in [6.45, 7) is 0. The molecule has 5 nitrogen and oxygen atoms in total. The minimum absolute atomic E-state index is 0. The third-order valence-corrected chi connectivity index (χ3v) is 0.850. The fraction of sp³-hybridized carbons (Fsp3) is 0. The van der Waals surface area contributed by atoms with Gasteiger partial charge in [-0.1, -0.05) is 0 Å². The van der Waals surface area contributed by atoms with E-state index in [2.05, 4.69) is 0 Å². The van der Waals surface area contributed by atoms with E-state index in [-0.39, 0.29) is 27.9 Å². The summed E-state index contributed by atoms with van der Waals surface area (Å²) in [6, 6.07) is 5.70. The zero-order valence-electron chi connectivity index (χ0n) is 5.70. The molecule has 11 heavy (non-hydrogen) atoms. The number of phenolic OH excluding ortho intramolecular Hbond substituents is 2. The second kappa shape index (κ2) is 6.81. The van der Waals surface area contributed by atoms with Crippen LogP contribution in [0.15, 0.2) is 24.3 Å². The van der Waals surface area contributed by atoms with Crippen LogP contribution in [0.4, 0.5) is 0 Å². The Labute approximate surface area is 63.5 Å². The van der Waals surface area contributed by atoms with Crippen LogP contribution >= 0.6 is 0 Å². The SMILES string of the molecule is O.O.O.Oc1ccc(O)cc1. The zero-order valence-corrected chi connectivity index (χ0v) is 5.70. The highest BCUT2D eigenvalue weighted by atomic mass is 16.3. The first-order valence-electron chi connectivity index (χ1n) is 2.27. The molecule has 5 heteroatoms. The number of benzene rings is 1. The van der Waals surface area contributed by atoms with Crippen molar-refractivity contribution in [2.24, 2.45) is 0 Å². The van der Waals surface area contributed by atoms with Gasteiger partial charge in [0.15, 0.2) is 0 Å². The minimum atomic E-state index is 0. The van der Waals surface area contributed by atoms with Gasteiger partial charge in [0, 0.05) is 0 Å². The second-order valence-corrected chi connectivity index (χ2v) is 1.52. The molecule has 0 heterocycles. The first-order valence-corrected chi connectivity index (χ1v) is 2.27. The van der Waals surface area contributed by atoms with E-state index in [0.717, 1.165) is 0 Å². The summed E-state index contributed by atoms with van der Waals surface area (Å²) in [5.74, 6) is 0.339. The highest BCUT2D eigenvalue weighted by Gasteiger charge is 1.84. The molecule has 1 aromatic carbocycles. The van der Waals surface area contributed by atoms with E-state index >= 15 is 0 Å². The summed E-state index contributed by atoms with van der Waals surface area (Å²) in [5.41, 5.74) is 0. The molecule has 0 bridgehead atoms. The lowest BCUT2D eigenvalue weighted by Gasteiger charge is -1.88. The van der Waals surface area contributed by atoms with Crippen molar-refractivity contribution < 1.29 is 26.6 Å². The Kier molecular flexibility index (Phi) is 10.1. The molecule has 0 aliphatic carbocycles. The lowest BCUT2D eigenvalue weighted by atomic mass is 10.3. The molecule has 0 amide bonds. The van der Waals surface area contributed by atoms with Gasteiger partial charge in [-0.15, -0.1) is 0 Å². The molecule has 0 unspecified atom stereocenters. The van der Waals surface area contributed by atoms with Crippen molar-refractivity contribution in [2.45, 2.75) is 0 Å². The third kappa shape index (κ3) is 5.16. The predicted octanol–water partition coefficient (Wildman–Crippen LogP) is -1.38. The van der Waals surface area contributed by atoms with E-state index in [1.165, 1.54) is 24.3 Å². The summed E-state index contributed by atoms with van der Waals surface area (Å²) in [4.78, 5) is 0. The average Bonchev–Trinajstić information content (AvgIpc) is 1.77. The molecule has 0 aliphatic heterocycles. The molecule has 0 saturated carbocycles. The fourth-order valence-corrected chi connectivity index (χ4v) is 0.453. The Balaban J connectivity index is -0.000000213. The van der Waals surface area contributed by atoms with Gasteiger partial charge in [-0.05, 0) is 24.3 Å². The van der Waals surface area contributed by atoms with Crippen LogP contribution in [0.3, 0.4) is 0 Å². The Morgan fingerprint density at radius 2 is 0.818 bits per heavy atom. The maximum Gasteiger partial charge on any atom is 0.115 e. The van der Waals surface area contributed by atoms with E-state index in [9.17, 15) is 0 Å². The van der Waals surface area contributed by atoms with Crippen LogP contribution < -0.4 is 0 Å². The quantitative estimate of drug-likeness (QED) is 0.457. The zero-order chi connectivity index (χ0) is 5.98. The summed E-state index contributed by atoms with van der Waals surface area (Å²) >= 11 is 0. The molecular weight excluding hydrogens is 152 g/mol. The largest absolute Gasteiger partial charge is 0.508 e. The van der Waals surface area contributed by atoms with E-state index in [0.29, 0.717) is 0 Å². The van der Waals surface area contributed by atoms with Crippen LogP contribution in [0.25, 0.3) is 0 Å². The fourth-order valence-electron chi connectivity index (χ4n) is 0.453. The van der Waals surface area contributed by atoms with Crippen LogP contribution in [0.2, 0.25) is 0 Å². The number of hydrogen-bond acceptors (Lipinski definition) is 2. The van der Waals surface area contributed by atoms with E-state index < -0.39 is 0 Å². The van der Waals surface area contributed by atoms with Crippen LogP contribution in [0, 0.1) is 0 Å². The minimum Gasteiger partial charge on any atom is -0.508 e. The molecule has 0 fully saturated rings. The average molecular weight is 164 g/mol. The monoisotopic (exact) mass is 164 g/mol. The maximum atomic E-state index is 8.65. The van der Waals surface area contributed by atoms with Crippen molar-refractivity contribution in [3.05, 3.63) is 24.3 Å². The Bertz CT molecular complexity index is 150. The Morgan fingerprint density at radius 1 is 0.636 bits per heavy atom. The topological polar surface area (TPSA) is 135 Å². The van der Waals surface area contributed by atoms with Gasteiger partial charge in [-0.25, -0.2) is 0 Å². The highest BCUT2D eigenvalue weighted by Crippen LogP contribution is 2.13. The molecule has 66 valence electrons. The van der Waals surface area contributed by atoms with Gasteiger partial charge in [-0.2, -0.15) is 0 Å². The van der Waals surface area contributed by atoms with Gasteiger partial charge in [-0.3, -0.25) is 0 Å². The third-order valence-electron chi connectivity index (χ3n) is 0.850.